The fourth-order valence-electron chi connectivity index (χ4n) is 1.87. The lowest BCUT2D eigenvalue weighted by Crippen LogP contribution is -2.05. The van der Waals surface area contributed by atoms with E-state index in [1.54, 1.807) is 0 Å². The van der Waals surface area contributed by atoms with Gasteiger partial charge in [0.15, 0.2) is 0 Å². The molecule has 4 heteroatoms. The Morgan fingerprint density at radius 3 is 2.50 bits per heavy atom. The largest absolute Gasteiger partial charge is 0.379 e. The first kappa shape index (κ1) is 13.1. The van der Waals surface area contributed by atoms with Crippen LogP contribution in [0.15, 0.2) is 28.7 Å². The third-order valence-corrected chi connectivity index (χ3v) is 3.93. The second kappa shape index (κ2) is 5.57. The zero-order valence-corrected chi connectivity index (χ0v) is 12.6. The zero-order chi connectivity index (χ0) is 13.1. The number of rotatable bonds is 4. The van der Waals surface area contributed by atoms with Gasteiger partial charge in [-0.15, -0.1) is 0 Å². The van der Waals surface area contributed by atoms with E-state index in [0.717, 1.165) is 28.8 Å². The molecule has 2 aromatic rings. The summed E-state index contributed by atoms with van der Waals surface area (Å²) in [5.41, 5.74) is 4.69. The number of aryl methyl sites for hydroxylation is 3. The van der Waals surface area contributed by atoms with Crippen molar-refractivity contribution in [2.24, 2.45) is 7.05 Å². The molecule has 0 atom stereocenters. The lowest BCUT2D eigenvalue weighted by atomic mass is 10.2. The molecule has 1 aromatic heterocycles. The molecule has 1 aromatic carbocycles. The maximum Gasteiger partial charge on any atom is 0.0767 e. The summed E-state index contributed by atoms with van der Waals surface area (Å²) in [5.74, 6) is 0. The van der Waals surface area contributed by atoms with Crippen LogP contribution >= 0.6 is 15.9 Å². The Kier molecular flexibility index (Phi) is 4.07. The third kappa shape index (κ3) is 2.75. The highest BCUT2D eigenvalue weighted by Gasteiger charge is 2.11. The van der Waals surface area contributed by atoms with Crippen LogP contribution < -0.4 is 5.32 Å². The molecule has 0 aliphatic heterocycles. The molecular formula is C14H18BrN3. The Balaban J connectivity index is 2.10. The van der Waals surface area contributed by atoms with Crippen LogP contribution in [0.25, 0.3) is 0 Å². The van der Waals surface area contributed by atoms with Crippen LogP contribution in [0.2, 0.25) is 0 Å². The van der Waals surface area contributed by atoms with Gasteiger partial charge >= 0.3 is 0 Å². The lowest BCUT2D eigenvalue weighted by Gasteiger charge is -2.07. The smallest absolute Gasteiger partial charge is 0.0767 e. The molecule has 18 heavy (non-hydrogen) atoms. The van der Waals surface area contributed by atoms with Gasteiger partial charge in [0.25, 0.3) is 0 Å². The van der Waals surface area contributed by atoms with Crippen molar-refractivity contribution in [3.63, 3.8) is 0 Å². The van der Waals surface area contributed by atoms with Crippen LogP contribution in [0.1, 0.15) is 23.9 Å². The van der Waals surface area contributed by atoms with Crippen molar-refractivity contribution in [1.82, 2.24) is 9.78 Å². The fourth-order valence-corrected chi connectivity index (χ4v) is 2.63. The van der Waals surface area contributed by atoms with E-state index < -0.39 is 0 Å². The summed E-state index contributed by atoms with van der Waals surface area (Å²) in [5, 5.41) is 7.90. The van der Waals surface area contributed by atoms with Crippen LogP contribution in [-0.4, -0.2) is 9.78 Å². The summed E-state index contributed by atoms with van der Waals surface area (Å²) in [4.78, 5) is 0. The van der Waals surface area contributed by atoms with Crippen LogP contribution in [0, 0.1) is 6.92 Å². The normalized spacial score (nSPS) is 10.7. The maximum atomic E-state index is 4.48. The summed E-state index contributed by atoms with van der Waals surface area (Å²) in [6, 6.07) is 8.41. The Morgan fingerprint density at radius 1 is 1.28 bits per heavy atom. The van der Waals surface area contributed by atoms with E-state index in [9.17, 15) is 0 Å². The number of benzene rings is 1. The van der Waals surface area contributed by atoms with Gasteiger partial charge in [0.05, 0.1) is 22.4 Å². The quantitative estimate of drug-likeness (QED) is 0.934. The summed E-state index contributed by atoms with van der Waals surface area (Å²) in [6.45, 7) is 4.98. The number of halogens is 1. The monoisotopic (exact) mass is 307 g/mol. The molecule has 96 valence electrons. The maximum absolute atomic E-state index is 4.48. The van der Waals surface area contributed by atoms with Crippen molar-refractivity contribution in [3.8, 4) is 0 Å². The number of anilines is 1. The highest BCUT2D eigenvalue weighted by molar-refractivity contribution is 9.10. The molecule has 1 heterocycles. The minimum atomic E-state index is 0.771. The third-order valence-electron chi connectivity index (χ3n) is 3.01. The average molecular weight is 308 g/mol. The molecule has 0 bridgehead atoms. The van der Waals surface area contributed by atoms with Gasteiger partial charge in [0.2, 0.25) is 0 Å². The van der Waals surface area contributed by atoms with E-state index in [2.05, 4.69) is 64.5 Å². The van der Waals surface area contributed by atoms with Gasteiger partial charge in [-0.1, -0.05) is 24.6 Å². The highest BCUT2D eigenvalue weighted by atomic mass is 79.9. The SMILES string of the molecule is CCc1nn(C)c(CNc2ccc(C)cc2)c1Br. The summed E-state index contributed by atoms with van der Waals surface area (Å²) in [7, 11) is 1.98. The number of aromatic nitrogens is 2. The van der Waals surface area contributed by atoms with Gasteiger partial charge in [0, 0.05) is 12.7 Å². The molecular weight excluding hydrogens is 290 g/mol. The second-order valence-electron chi connectivity index (χ2n) is 4.40. The van der Waals surface area contributed by atoms with E-state index in [0.29, 0.717) is 0 Å². The van der Waals surface area contributed by atoms with Gasteiger partial charge < -0.3 is 5.32 Å². The molecule has 0 fully saturated rings. The lowest BCUT2D eigenvalue weighted by molar-refractivity contribution is 0.706. The molecule has 0 spiro atoms. The predicted molar refractivity (Wildman–Crippen MR) is 78.8 cm³/mol. The van der Waals surface area contributed by atoms with Crippen molar-refractivity contribution >= 4 is 21.6 Å². The van der Waals surface area contributed by atoms with Crippen LogP contribution in [0.3, 0.4) is 0 Å². The standard InChI is InChI=1S/C14H18BrN3/c1-4-12-14(15)13(18(3)17-12)9-16-11-7-5-10(2)6-8-11/h5-8,16H,4,9H2,1-3H3. The first-order chi connectivity index (χ1) is 8.61. The van der Waals surface area contributed by atoms with Crippen molar-refractivity contribution in [2.75, 3.05) is 5.32 Å². The Hall–Kier alpha value is -1.29. The zero-order valence-electron chi connectivity index (χ0n) is 11.0. The molecule has 3 nitrogen and oxygen atoms in total. The Labute approximate surface area is 116 Å². The summed E-state index contributed by atoms with van der Waals surface area (Å²) in [6.07, 6.45) is 0.943. The van der Waals surface area contributed by atoms with E-state index >= 15 is 0 Å². The van der Waals surface area contributed by atoms with Crippen molar-refractivity contribution in [3.05, 3.63) is 45.7 Å². The highest BCUT2D eigenvalue weighted by Crippen LogP contribution is 2.22. The van der Waals surface area contributed by atoms with Gasteiger partial charge in [-0.3, -0.25) is 4.68 Å². The predicted octanol–water partition coefficient (Wildman–Crippen LogP) is 3.67. The number of hydrogen-bond donors (Lipinski definition) is 1. The molecule has 0 saturated carbocycles. The van der Waals surface area contributed by atoms with Gasteiger partial charge in [-0.25, -0.2) is 0 Å². The summed E-state index contributed by atoms with van der Waals surface area (Å²) < 4.78 is 3.05. The molecule has 0 unspecified atom stereocenters. The summed E-state index contributed by atoms with van der Waals surface area (Å²) >= 11 is 3.62. The molecule has 0 saturated heterocycles. The van der Waals surface area contributed by atoms with Crippen LogP contribution in [-0.2, 0) is 20.0 Å². The Morgan fingerprint density at radius 2 is 1.94 bits per heavy atom. The molecule has 0 radical (unpaired) electrons. The van der Waals surface area contributed by atoms with Gasteiger partial charge in [-0.05, 0) is 41.4 Å². The Bertz CT molecular complexity index is 529. The minimum Gasteiger partial charge on any atom is -0.379 e. The van der Waals surface area contributed by atoms with Crippen molar-refractivity contribution < 1.29 is 0 Å². The van der Waals surface area contributed by atoms with Gasteiger partial charge in [-0.2, -0.15) is 5.10 Å². The van der Waals surface area contributed by atoms with Crippen molar-refractivity contribution in [1.29, 1.82) is 0 Å². The number of hydrogen-bond acceptors (Lipinski definition) is 2. The molecule has 0 aliphatic rings. The topological polar surface area (TPSA) is 29.9 Å². The van der Waals surface area contributed by atoms with Crippen molar-refractivity contribution in [2.45, 2.75) is 26.8 Å². The van der Waals surface area contributed by atoms with Crippen LogP contribution in [0.5, 0.6) is 0 Å². The fraction of sp³-hybridized carbons (Fsp3) is 0.357. The van der Waals surface area contributed by atoms with E-state index in [-0.39, 0.29) is 0 Å². The van der Waals surface area contributed by atoms with E-state index in [1.807, 2.05) is 11.7 Å². The number of nitrogens with zero attached hydrogens (tertiary/aromatic N) is 2. The molecule has 2 rings (SSSR count). The molecule has 1 N–H and O–H groups in total. The average Bonchev–Trinajstić information content (AvgIpc) is 2.64. The minimum absolute atomic E-state index is 0.771. The molecule has 0 amide bonds. The van der Waals surface area contributed by atoms with Crippen LogP contribution in [0.4, 0.5) is 5.69 Å². The van der Waals surface area contributed by atoms with E-state index in [4.69, 9.17) is 0 Å². The van der Waals surface area contributed by atoms with E-state index in [1.165, 1.54) is 11.3 Å². The molecule has 0 aliphatic carbocycles. The first-order valence-electron chi connectivity index (χ1n) is 6.12. The second-order valence-corrected chi connectivity index (χ2v) is 5.20. The van der Waals surface area contributed by atoms with Gasteiger partial charge in [0.1, 0.15) is 0 Å². The first-order valence-corrected chi connectivity index (χ1v) is 6.92. The number of nitrogens with one attached hydrogen (secondary N) is 1.